The van der Waals surface area contributed by atoms with Gasteiger partial charge in [0, 0.05) is 78.8 Å². The molecule has 17 nitrogen and oxygen atoms in total. The Balaban J connectivity index is 0.000000126. The molecule has 0 fully saturated rings. The molecule has 624 valence electrons. The summed E-state index contributed by atoms with van der Waals surface area (Å²) in [7, 11) is 0. The second-order valence-electron chi connectivity index (χ2n) is 29.2. The van der Waals surface area contributed by atoms with Gasteiger partial charge in [-0.3, -0.25) is 4.98 Å². The molecule has 8 aromatic heterocycles. The molecule has 20 rings (SSSR count). The molecule has 0 aliphatic rings. The van der Waals surface area contributed by atoms with Gasteiger partial charge < -0.3 is 0 Å². The topological polar surface area (TPSA) is 219 Å². The maximum Gasteiger partial charge on any atom is 0.163 e. The predicted octanol–water partition coefficient (Wildman–Crippen LogP) is 25.7. The molecule has 0 aliphatic carbocycles. The lowest BCUT2D eigenvalue weighted by Gasteiger charge is -2.07. The van der Waals surface area contributed by atoms with E-state index in [2.05, 4.69) is 208 Å². The van der Waals surface area contributed by atoms with Crippen molar-refractivity contribution in [1.82, 2.24) is 84.7 Å². The first-order valence-electron chi connectivity index (χ1n) is 41.9. The quantitative estimate of drug-likeness (QED) is 0.111. The number of benzene rings is 12. The molecule has 12 aromatic carbocycles. The zero-order valence-electron chi connectivity index (χ0n) is 72.6. The van der Waals surface area contributed by atoms with Crippen molar-refractivity contribution in [1.29, 1.82) is 0 Å². The third-order valence-electron chi connectivity index (χ3n) is 19.2. The Morgan fingerprint density at radius 2 is 0.430 bits per heavy atom. The predicted molar refractivity (Wildman–Crippen MR) is 517 cm³/mol. The highest BCUT2D eigenvalue weighted by molar-refractivity contribution is 5.73. The average Bonchev–Trinajstić information content (AvgIpc) is 0.838. The van der Waals surface area contributed by atoms with Crippen molar-refractivity contribution >= 4 is 0 Å². The molecule has 0 unspecified atom stereocenters. The van der Waals surface area contributed by atoms with E-state index in [1.165, 1.54) is 35.7 Å². The molecule has 0 saturated carbocycles. The fourth-order valence-electron chi connectivity index (χ4n) is 13.1. The monoisotopic (exact) mass is 1670 g/mol. The van der Waals surface area contributed by atoms with Crippen LogP contribution in [-0.4, -0.2) is 84.7 Å². The number of hydrogen-bond donors (Lipinski definition) is 0. The van der Waals surface area contributed by atoms with Crippen LogP contribution in [0.15, 0.2) is 432 Å². The van der Waals surface area contributed by atoms with Crippen LogP contribution < -0.4 is 0 Å². The minimum Gasteiger partial charge on any atom is -0.253 e. The molecule has 128 heavy (non-hydrogen) atoms. The molecule has 0 N–H and O–H groups in total. The summed E-state index contributed by atoms with van der Waals surface area (Å²) in [6, 6.07) is 136. The lowest BCUT2D eigenvalue weighted by molar-refractivity contribution is 0.974. The molecular formula is C111H95N17. The Morgan fingerprint density at radius 3 is 0.789 bits per heavy atom. The van der Waals surface area contributed by atoms with Crippen LogP contribution in [0.3, 0.4) is 0 Å². The number of nitrogens with zero attached hydrogens (tertiary/aromatic N) is 17. The first kappa shape index (κ1) is 89.0. The molecule has 0 radical (unpaired) electrons. The van der Waals surface area contributed by atoms with Gasteiger partial charge in [-0.1, -0.05) is 364 Å². The van der Waals surface area contributed by atoms with E-state index >= 15 is 0 Å². The molecule has 0 saturated heterocycles. The van der Waals surface area contributed by atoms with Crippen molar-refractivity contribution in [2.24, 2.45) is 0 Å². The van der Waals surface area contributed by atoms with Gasteiger partial charge in [-0.15, -0.1) is 0 Å². The second kappa shape index (κ2) is 47.0. The van der Waals surface area contributed by atoms with Crippen LogP contribution in [0, 0.1) is 55.4 Å². The summed E-state index contributed by atoms with van der Waals surface area (Å²) < 4.78 is 0. The van der Waals surface area contributed by atoms with Crippen LogP contribution in [0.2, 0.25) is 0 Å². The standard InChI is InChI=1S/2C18H15N.2C17H14N2.C16H13N3.C11H10N2.C10H9N3.C4H5N3/c1-14-12-17(15-8-4-2-5-9-15)13-18(19-14)16-10-6-3-7-11-16;1-14-12-17(15-8-4-2-5-9-15)19-18(13-14)16-10-6-3-7-11-16;1-13-18-16(14-8-4-2-5-9-14)12-17(19-13)15-10-6-3-7-11-15;1-13-12-16(14-8-4-2-5-9-14)19-17(18-13)15-10-6-3-7-11-15;1-12-17-15(13-8-4-2-5-9-13)19-16(18-12)14-10-6-3-7-11-14;1-9-12-8-7-11(13-9)10-5-3-2-4-6-10;1-8-11-7-12-10(13-8)9-5-3-2-4-6-9;1-4-6-2-5-3-7-4/h2*2-13H,1H3;2*2-12H,1H3;2-11H,1H3;2-8H,1H3;2-7H,1H3;2-3H,1H3. The Kier molecular flexibility index (Phi) is 32.7. The fourth-order valence-corrected chi connectivity index (χ4v) is 13.1. The van der Waals surface area contributed by atoms with Gasteiger partial charge in [-0.05, 0) is 115 Å². The zero-order valence-corrected chi connectivity index (χ0v) is 72.6. The summed E-state index contributed by atoms with van der Waals surface area (Å²) in [6.07, 6.45) is 6.26. The molecule has 17 heteroatoms. The van der Waals surface area contributed by atoms with Gasteiger partial charge in [0.1, 0.15) is 48.1 Å². The van der Waals surface area contributed by atoms with Crippen LogP contribution in [0.1, 0.15) is 46.1 Å². The van der Waals surface area contributed by atoms with Gasteiger partial charge in [0.15, 0.2) is 23.3 Å². The van der Waals surface area contributed by atoms with E-state index in [-0.39, 0.29) is 0 Å². The van der Waals surface area contributed by atoms with Crippen molar-refractivity contribution < 1.29 is 0 Å². The number of aromatic nitrogens is 17. The van der Waals surface area contributed by atoms with E-state index in [1.54, 1.807) is 6.20 Å². The molecule has 0 bridgehead atoms. The molecular weight excluding hydrogens is 1570 g/mol. The summed E-state index contributed by atoms with van der Waals surface area (Å²) in [5, 5.41) is 0. The highest BCUT2D eigenvalue weighted by atomic mass is 15.0. The van der Waals surface area contributed by atoms with E-state index in [1.807, 2.05) is 334 Å². The smallest absolute Gasteiger partial charge is 0.163 e. The zero-order chi connectivity index (χ0) is 88.7. The van der Waals surface area contributed by atoms with Crippen LogP contribution >= 0.6 is 0 Å². The highest BCUT2D eigenvalue weighted by Gasteiger charge is 2.13. The fraction of sp³-hybridized carbons (Fsp3) is 0.0721. The van der Waals surface area contributed by atoms with Gasteiger partial charge in [0.05, 0.1) is 39.9 Å². The lowest BCUT2D eigenvalue weighted by atomic mass is 10.0. The lowest BCUT2D eigenvalue weighted by Crippen LogP contribution is -1.99. The average molecular weight is 1670 g/mol. The Labute approximate surface area is 748 Å². The van der Waals surface area contributed by atoms with Crippen molar-refractivity contribution in [2.75, 3.05) is 0 Å². The third-order valence-corrected chi connectivity index (χ3v) is 19.2. The molecule has 0 spiro atoms. The summed E-state index contributed by atoms with van der Waals surface area (Å²) in [5.74, 6) is 6.77. The van der Waals surface area contributed by atoms with Gasteiger partial charge in [-0.25, -0.2) is 79.7 Å². The van der Waals surface area contributed by atoms with Crippen molar-refractivity contribution in [3.8, 4) is 135 Å². The van der Waals surface area contributed by atoms with Crippen LogP contribution in [0.4, 0.5) is 0 Å². The summed E-state index contributed by atoms with van der Waals surface area (Å²) in [6.45, 7) is 15.5. The van der Waals surface area contributed by atoms with Gasteiger partial charge >= 0.3 is 0 Å². The Hall–Kier alpha value is -16.8. The largest absolute Gasteiger partial charge is 0.253 e. The van der Waals surface area contributed by atoms with Gasteiger partial charge in [0.2, 0.25) is 0 Å². The Morgan fingerprint density at radius 1 is 0.148 bits per heavy atom. The summed E-state index contributed by atoms with van der Waals surface area (Å²) in [4.78, 5) is 72.8. The number of aryl methyl sites for hydroxylation is 8. The van der Waals surface area contributed by atoms with E-state index in [0.29, 0.717) is 11.6 Å². The van der Waals surface area contributed by atoms with Crippen molar-refractivity contribution in [2.45, 2.75) is 55.4 Å². The number of hydrogen-bond acceptors (Lipinski definition) is 17. The Bertz CT molecular complexity index is 5620. The maximum atomic E-state index is 4.77. The number of rotatable bonds is 12. The summed E-state index contributed by atoms with van der Waals surface area (Å²) in [5.41, 5.74) is 24.7. The minimum absolute atomic E-state index is 0.715. The highest BCUT2D eigenvalue weighted by Crippen LogP contribution is 2.30. The maximum absolute atomic E-state index is 4.77. The summed E-state index contributed by atoms with van der Waals surface area (Å²) >= 11 is 0. The molecule has 0 amide bonds. The number of pyridine rings is 2. The van der Waals surface area contributed by atoms with Gasteiger partial charge in [-0.2, -0.15) is 0 Å². The van der Waals surface area contributed by atoms with E-state index < -0.39 is 0 Å². The van der Waals surface area contributed by atoms with Crippen LogP contribution in [-0.2, 0) is 0 Å². The molecule has 0 atom stereocenters. The van der Waals surface area contributed by atoms with Crippen LogP contribution in [0.5, 0.6) is 0 Å². The molecule has 0 aliphatic heterocycles. The van der Waals surface area contributed by atoms with Crippen LogP contribution in [0.25, 0.3) is 135 Å². The molecule has 8 heterocycles. The second-order valence-corrected chi connectivity index (χ2v) is 29.2. The molecule has 20 aromatic rings. The minimum atomic E-state index is 0.715. The van der Waals surface area contributed by atoms with E-state index in [4.69, 9.17) is 4.98 Å². The van der Waals surface area contributed by atoms with Crippen molar-refractivity contribution in [3.63, 3.8) is 0 Å². The van der Waals surface area contributed by atoms with E-state index in [0.717, 1.165) is 153 Å². The van der Waals surface area contributed by atoms with E-state index in [9.17, 15) is 0 Å². The first-order chi connectivity index (χ1) is 62.7. The normalized spacial score (nSPS) is 10.2. The first-order valence-corrected chi connectivity index (χ1v) is 41.9. The van der Waals surface area contributed by atoms with Crippen molar-refractivity contribution in [3.05, 3.63) is 478 Å². The van der Waals surface area contributed by atoms with Gasteiger partial charge in [0.25, 0.3) is 0 Å². The SMILES string of the molecule is Cc1cc(-c2ccccc2)cc(-c2ccccc2)n1.Cc1cc(-c2ccccc2)nc(-c2ccccc2)c1.Cc1cc(-c2ccccc2)nc(-c2ccccc2)n1.Cc1nc(-c2ccccc2)cc(-c2ccccc2)n1.Cc1nc(-c2ccccc2)nc(-c2ccccc2)n1.Cc1nccc(-c2ccccc2)n1.Cc1ncnc(-c2ccccc2)n1.Cc1ncncn1. The third kappa shape index (κ3) is 27.6.